The minimum absolute atomic E-state index is 0.0451. The molecule has 1 aromatic carbocycles. The topological polar surface area (TPSA) is 81.3 Å². The van der Waals surface area contributed by atoms with Gasteiger partial charge in [-0.25, -0.2) is 4.98 Å². The molecule has 0 saturated carbocycles. The highest BCUT2D eigenvalue weighted by molar-refractivity contribution is 5.95. The number of nitrogen functional groups attached to an aromatic ring is 1. The summed E-state index contributed by atoms with van der Waals surface area (Å²) in [6, 6.07) is 13.5. The van der Waals surface area contributed by atoms with Gasteiger partial charge in [-0.1, -0.05) is 12.1 Å². The normalized spacial score (nSPS) is 14.1. The summed E-state index contributed by atoms with van der Waals surface area (Å²) < 4.78 is 5.32. The fourth-order valence-electron chi connectivity index (χ4n) is 3.47. The molecule has 0 bridgehead atoms. The average Bonchev–Trinajstić information content (AvgIpc) is 2.75. The largest absolute Gasteiger partial charge is 0.384 e. The molecular formula is C22H22N4O2. The summed E-state index contributed by atoms with van der Waals surface area (Å²) >= 11 is 0. The van der Waals surface area contributed by atoms with Gasteiger partial charge in [0.05, 0.1) is 13.2 Å². The molecule has 6 heteroatoms. The summed E-state index contributed by atoms with van der Waals surface area (Å²) in [5.74, 6) is 0.529. The van der Waals surface area contributed by atoms with E-state index in [-0.39, 0.29) is 5.91 Å². The number of ether oxygens (including phenoxy) is 1. The number of nitrogens with two attached hydrogens (primary N) is 1. The molecular weight excluding hydrogens is 352 g/mol. The maximum atomic E-state index is 12.7. The van der Waals surface area contributed by atoms with E-state index in [1.165, 1.54) is 0 Å². The van der Waals surface area contributed by atoms with Crippen molar-refractivity contribution in [1.82, 2.24) is 14.9 Å². The summed E-state index contributed by atoms with van der Waals surface area (Å²) in [5.41, 5.74) is 11.4. The van der Waals surface area contributed by atoms with Crippen LogP contribution in [0.4, 0.5) is 5.82 Å². The number of nitrogens with zero attached hydrogens (tertiary/aromatic N) is 3. The molecule has 3 aromatic rings. The second kappa shape index (κ2) is 7.78. The molecule has 0 aliphatic carbocycles. The van der Waals surface area contributed by atoms with Gasteiger partial charge in [-0.15, -0.1) is 0 Å². The molecule has 1 fully saturated rings. The zero-order valence-corrected chi connectivity index (χ0v) is 15.8. The van der Waals surface area contributed by atoms with E-state index < -0.39 is 0 Å². The maximum Gasteiger partial charge on any atom is 0.254 e. The number of hydrogen-bond acceptors (Lipinski definition) is 5. The van der Waals surface area contributed by atoms with Crippen LogP contribution in [-0.2, 0) is 4.74 Å². The van der Waals surface area contributed by atoms with E-state index in [4.69, 9.17) is 10.5 Å². The number of pyridine rings is 2. The lowest BCUT2D eigenvalue weighted by Crippen LogP contribution is -2.40. The van der Waals surface area contributed by atoms with Crippen LogP contribution >= 0.6 is 0 Å². The second-order valence-electron chi connectivity index (χ2n) is 6.77. The van der Waals surface area contributed by atoms with E-state index >= 15 is 0 Å². The Labute approximate surface area is 164 Å². The van der Waals surface area contributed by atoms with Crippen LogP contribution in [0.2, 0.25) is 0 Å². The van der Waals surface area contributed by atoms with Crippen molar-refractivity contribution in [3.8, 4) is 22.3 Å². The molecule has 1 saturated heterocycles. The minimum Gasteiger partial charge on any atom is -0.384 e. The Bertz CT molecular complexity index is 978. The zero-order chi connectivity index (χ0) is 19.5. The highest BCUT2D eigenvalue weighted by Gasteiger charge is 2.19. The van der Waals surface area contributed by atoms with E-state index in [0.717, 1.165) is 27.9 Å². The molecule has 0 spiro atoms. The van der Waals surface area contributed by atoms with Crippen molar-refractivity contribution in [3.05, 3.63) is 66.1 Å². The van der Waals surface area contributed by atoms with E-state index in [2.05, 4.69) is 9.97 Å². The van der Waals surface area contributed by atoms with Crippen molar-refractivity contribution in [1.29, 1.82) is 0 Å². The summed E-state index contributed by atoms with van der Waals surface area (Å²) in [4.78, 5) is 23.1. The average molecular weight is 374 g/mol. The molecule has 3 heterocycles. The first kappa shape index (κ1) is 18.1. The van der Waals surface area contributed by atoms with Gasteiger partial charge in [0.25, 0.3) is 5.91 Å². The fourth-order valence-corrected chi connectivity index (χ4v) is 3.47. The fraction of sp³-hybridized carbons (Fsp3) is 0.227. The molecule has 4 rings (SSSR count). The first-order valence-corrected chi connectivity index (χ1v) is 9.28. The third-order valence-electron chi connectivity index (χ3n) is 4.96. The highest BCUT2D eigenvalue weighted by Crippen LogP contribution is 2.33. The Kier molecular flexibility index (Phi) is 5.04. The molecule has 0 radical (unpaired) electrons. The van der Waals surface area contributed by atoms with Gasteiger partial charge in [-0.05, 0) is 48.4 Å². The molecule has 6 nitrogen and oxygen atoms in total. The number of aryl methyl sites for hydroxylation is 1. The zero-order valence-electron chi connectivity index (χ0n) is 15.8. The summed E-state index contributed by atoms with van der Waals surface area (Å²) in [6.45, 7) is 4.44. The molecule has 1 aliphatic rings. The monoisotopic (exact) mass is 374 g/mol. The van der Waals surface area contributed by atoms with Crippen LogP contribution < -0.4 is 5.73 Å². The van der Waals surface area contributed by atoms with Gasteiger partial charge in [0, 0.05) is 47.9 Å². The first-order valence-electron chi connectivity index (χ1n) is 9.28. The lowest BCUT2D eigenvalue weighted by atomic mass is 9.94. The van der Waals surface area contributed by atoms with E-state index in [1.807, 2.05) is 48.2 Å². The Morgan fingerprint density at radius 3 is 2.39 bits per heavy atom. The van der Waals surface area contributed by atoms with Crippen molar-refractivity contribution in [3.63, 3.8) is 0 Å². The van der Waals surface area contributed by atoms with Crippen LogP contribution in [0.5, 0.6) is 0 Å². The number of rotatable bonds is 3. The molecule has 0 atom stereocenters. The van der Waals surface area contributed by atoms with Gasteiger partial charge in [-0.2, -0.15) is 0 Å². The second-order valence-corrected chi connectivity index (χ2v) is 6.77. The number of amides is 1. The maximum absolute atomic E-state index is 12.7. The number of carbonyl (C=O) groups is 1. The van der Waals surface area contributed by atoms with E-state index in [0.29, 0.717) is 37.7 Å². The Hall–Kier alpha value is -3.25. The third kappa shape index (κ3) is 3.59. The van der Waals surface area contributed by atoms with Crippen molar-refractivity contribution in [2.75, 3.05) is 32.0 Å². The first-order chi connectivity index (χ1) is 13.6. The number of carbonyl (C=O) groups excluding carboxylic acids is 1. The number of anilines is 1. The Morgan fingerprint density at radius 2 is 1.71 bits per heavy atom. The van der Waals surface area contributed by atoms with Crippen molar-refractivity contribution in [2.45, 2.75) is 6.92 Å². The van der Waals surface area contributed by atoms with Crippen LogP contribution in [0.3, 0.4) is 0 Å². The van der Waals surface area contributed by atoms with Gasteiger partial charge in [0.2, 0.25) is 0 Å². The van der Waals surface area contributed by atoms with Crippen LogP contribution in [0.1, 0.15) is 16.1 Å². The van der Waals surface area contributed by atoms with Crippen molar-refractivity contribution < 1.29 is 9.53 Å². The number of hydrogen-bond donors (Lipinski definition) is 1. The number of morpholine rings is 1. The SMILES string of the molecule is Cc1nccc(-c2ccc(C(=O)N3CCOCC3)cc2)c1-c1ccc(N)nc1. The van der Waals surface area contributed by atoms with Crippen LogP contribution in [0, 0.1) is 6.92 Å². The Morgan fingerprint density at radius 1 is 1.00 bits per heavy atom. The molecule has 28 heavy (non-hydrogen) atoms. The number of benzene rings is 1. The molecule has 1 aliphatic heterocycles. The number of aromatic nitrogens is 2. The van der Waals surface area contributed by atoms with Crippen molar-refractivity contribution in [2.24, 2.45) is 0 Å². The lowest BCUT2D eigenvalue weighted by molar-refractivity contribution is 0.0303. The Balaban J connectivity index is 1.67. The molecule has 2 N–H and O–H groups in total. The van der Waals surface area contributed by atoms with Crippen LogP contribution in [0.25, 0.3) is 22.3 Å². The van der Waals surface area contributed by atoms with Gasteiger partial charge < -0.3 is 15.4 Å². The summed E-state index contributed by atoms with van der Waals surface area (Å²) in [5, 5.41) is 0. The highest BCUT2D eigenvalue weighted by atomic mass is 16.5. The predicted octanol–water partition coefficient (Wildman–Crippen LogP) is 3.17. The third-order valence-corrected chi connectivity index (χ3v) is 4.96. The van der Waals surface area contributed by atoms with Gasteiger partial charge >= 0.3 is 0 Å². The van der Waals surface area contributed by atoms with Crippen molar-refractivity contribution >= 4 is 11.7 Å². The van der Waals surface area contributed by atoms with Crippen LogP contribution in [0.15, 0.2) is 54.9 Å². The summed E-state index contributed by atoms with van der Waals surface area (Å²) in [6.07, 6.45) is 3.56. The van der Waals surface area contributed by atoms with Gasteiger partial charge in [-0.3, -0.25) is 9.78 Å². The lowest BCUT2D eigenvalue weighted by Gasteiger charge is -2.26. The molecule has 0 unspecified atom stereocenters. The minimum atomic E-state index is 0.0451. The molecule has 1 amide bonds. The molecule has 142 valence electrons. The summed E-state index contributed by atoms with van der Waals surface area (Å²) in [7, 11) is 0. The standard InChI is InChI=1S/C22H22N4O2/c1-15-21(18-6-7-20(23)25-14-18)19(8-9-24-15)16-2-4-17(5-3-16)22(27)26-10-12-28-13-11-26/h2-9,14H,10-13H2,1H3,(H2,23,25). The van der Waals surface area contributed by atoms with E-state index in [9.17, 15) is 4.79 Å². The quantitative estimate of drug-likeness (QED) is 0.761. The van der Waals surface area contributed by atoms with E-state index in [1.54, 1.807) is 18.5 Å². The van der Waals surface area contributed by atoms with Gasteiger partial charge in [0.1, 0.15) is 5.82 Å². The predicted molar refractivity (Wildman–Crippen MR) is 109 cm³/mol. The van der Waals surface area contributed by atoms with Crippen LogP contribution in [-0.4, -0.2) is 47.1 Å². The molecule has 2 aromatic heterocycles. The smallest absolute Gasteiger partial charge is 0.254 e. The van der Waals surface area contributed by atoms with Gasteiger partial charge in [0.15, 0.2) is 0 Å².